The first-order chi connectivity index (χ1) is 8.85. The molecule has 0 heterocycles. The molecule has 0 unspecified atom stereocenters. The van der Waals surface area contributed by atoms with E-state index in [2.05, 4.69) is 0 Å². The lowest BCUT2D eigenvalue weighted by molar-refractivity contribution is 0.596. The van der Waals surface area contributed by atoms with Gasteiger partial charge in [-0.2, -0.15) is 0 Å². The topological polar surface area (TPSA) is 34.1 Å². The first kappa shape index (κ1) is 14.9. The molecule has 0 aliphatic rings. The normalized spacial score (nSPS) is 11.6. The average Bonchev–Trinajstić information content (AvgIpc) is 2.27. The Kier molecular flexibility index (Phi) is 4.33. The summed E-state index contributed by atoms with van der Waals surface area (Å²) in [5, 5.41) is 0.0685. The quantitative estimate of drug-likeness (QED) is 0.747. The second-order valence-electron chi connectivity index (χ2n) is 3.61. The Hall–Kier alpha value is -0.450. The predicted molar refractivity (Wildman–Crippen MR) is 78.4 cm³/mol. The molecule has 0 radical (unpaired) electrons. The summed E-state index contributed by atoms with van der Waals surface area (Å²) in [5.41, 5.74) is 0. The molecule has 0 aliphatic carbocycles. The summed E-state index contributed by atoms with van der Waals surface area (Å²) in [5.74, 6) is 0. The number of halogens is 4. The van der Waals surface area contributed by atoms with E-state index < -0.39 is 9.84 Å². The van der Waals surface area contributed by atoms with Crippen molar-refractivity contribution in [1.29, 1.82) is 0 Å². The van der Waals surface area contributed by atoms with Gasteiger partial charge in [-0.05, 0) is 24.3 Å². The van der Waals surface area contributed by atoms with Gasteiger partial charge < -0.3 is 0 Å². The van der Waals surface area contributed by atoms with E-state index in [1.54, 1.807) is 12.1 Å². The van der Waals surface area contributed by atoms with E-state index in [1.165, 1.54) is 24.3 Å². The van der Waals surface area contributed by atoms with Gasteiger partial charge >= 0.3 is 0 Å². The van der Waals surface area contributed by atoms with E-state index in [-0.39, 0.29) is 29.9 Å². The van der Waals surface area contributed by atoms with E-state index in [0.717, 1.165) is 0 Å². The van der Waals surface area contributed by atoms with Crippen LogP contribution >= 0.6 is 46.4 Å². The number of rotatable bonds is 2. The van der Waals surface area contributed by atoms with Gasteiger partial charge in [-0.1, -0.05) is 58.5 Å². The van der Waals surface area contributed by atoms with E-state index in [9.17, 15) is 8.42 Å². The van der Waals surface area contributed by atoms with Gasteiger partial charge in [0, 0.05) is 0 Å². The van der Waals surface area contributed by atoms with Crippen LogP contribution in [0.25, 0.3) is 0 Å². The highest BCUT2D eigenvalue weighted by Crippen LogP contribution is 2.39. The summed E-state index contributed by atoms with van der Waals surface area (Å²) >= 11 is 23.7. The molecule has 0 bridgehead atoms. The van der Waals surface area contributed by atoms with Crippen molar-refractivity contribution in [1.82, 2.24) is 0 Å². The van der Waals surface area contributed by atoms with Crippen LogP contribution in [0.4, 0.5) is 0 Å². The molecule has 0 atom stereocenters. The summed E-state index contributed by atoms with van der Waals surface area (Å²) < 4.78 is 25.2. The minimum absolute atomic E-state index is 0.0171. The lowest BCUT2D eigenvalue weighted by Crippen LogP contribution is -2.05. The SMILES string of the molecule is O=S(=O)(c1c(Cl)cccc1Cl)c1c(Cl)cccc1Cl. The van der Waals surface area contributed by atoms with E-state index in [1.807, 2.05) is 0 Å². The molecule has 0 saturated heterocycles. The lowest BCUT2D eigenvalue weighted by Gasteiger charge is -2.11. The number of sulfone groups is 1. The van der Waals surface area contributed by atoms with Gasteiger partial charge in [0.2, 0.25) is 9.84 Å². The third-order valence-electron chi connectivity index (χ3n) is 2.38. The molecule has 2 rings (SSSR count). The Bertz CT molecular complexity index is 643. The van der Waals surface area contributed by atoms with Crippen LogP contribution in [-0.2, 0) is 9.84 Å². The van der Waals surface area contributed by atoms with Crippen LogP contribution in [0, 0.1) is 0 Å². The highest BCUT2D eigenvalue weighted by molar-refractivity contribution is 7.92. The lowest BCUT2D eigenvalue weighted by atomic mass is 10.3. The average molecular weight is 356 g/mol. The van der Waals surface area contributed by atoms with Crippen LogP contribution in [0.15, 0.2) is 46.2 Å². The van der Waals surface area contributed by atoms with Crippen molar-refractivity contribution in [2.45, 2.75) is 9.79 Å². The molecule has 19 heavy (non-hydrogen) atoms. The smallest absolute Gasteiger partial charge is 0.212 e. The first-order valence-electron chi connectivity index (χ1n) is 4.99. The highest BCUT2D eigenvalue weighted by atomic mass is 35.5. The Morgan fingerprint density at radius 2 is 0.895 bits per heavy atom. The summed E-state index contributed by atoms with van der Waals surface area (Å²) in [7, 11) is -3.99. The Morgan fingerprint density at radius 1 is 0.632 bits per heavy atom. The van der Waals surface area contributed by atoms with E-state index in [0.29, 0.717) is 0 Å². The second kappa shape index (κ2) is 5.51. The van der Waals surface area contributed by atoms with Gasteiger partial charge in [-0.15, -0.1) is 0 Å². The number of hydrogen-bond acceptors (Lipinski definition) is 2. The first-order valence-corrected chi connectivity index (χ1v) is 7.98. The molecule has 2 aromatic rings. The zero-order chi connectivity index (χ0) is 14.2. The van der Waals surface area contributed by atoms with E-state index in [4.69, 9.17) is 46.4 Å². The summed E-state index contributed by atoms with van der Waals surface area (Å²) in [6.07, 6.45) is 0. The molecule has 2 aromatic carbocycles. The molecule has 100 valence electrons. The third-order valence-corrected chi connectivity index (χ3v) is 6.04. The maximum atomic E-state index is 12.6. The van der Waals surface area contributed by atoms with Gasteiger partial charge in [-0.3, -0.25) is 0 Å². The van der Waals surface area contributed by atoms with Crippen molar-refractivity contribution in [2.75, 3.05) is 0 Å². The van der Waals surface area contributed by atoms with Crippen LogP contribution in [0.2, 0.25) is 20.1 Å². The fraction of sp³-hybridized carbons (Fsp3) is 0. The number of hydrogen-bond donors (Lipinski definition) is 0. The zero-order valence-corrected chi connectivity index (χ0v) is 13.0. The van der Waals surface area contributed by atoms with Gasteiger partial charge in [0.25, 0.3) is 0 Å². The van der Waals surface area contributed by atoms with Gasteiger partial charge in [0.15, 0.2) is 0 Å². The summed E-state index contributed by atoms with van der Waals surface area (Å²) in [6, 6.07) is 8.85. The Morgan fingerprint density at radius 3 is 1.16 bits per heavy atom. The largest absolute Gasteiger partial charge is 0.218 e. The van der Waals surface area contributed by atoms with Gasteiger partial charge in [0.05, 0.1) is 20.1 Å². The molecular weight excluding hydrogens is 350 g/mol. The monoisotopic (exact) mass is 354 g/mol. The fourth-order valence-electron chi connectivity index (χ4n) is 1.58. The van der Waals surface area contributed by atoms with Crippen LogP contribution in [0.3, 0.4) is 0 Å². The maximum Gasteiger partial charge on any atom is 0.212 e. The fourth-order valence-corrected chi connectivity index (χ4v) is 5.10. The van der Waals surface area contributed by atoms with Gasteiger partial charge in [-0.25, -0.2) is 8.42 Å². The minimum atomic E-state index is -3.99. The van der Waals surface area contributed by atoms with Crippen molar-refractivity contribution in [3.63, 3.8) is 0 Å². The van der Waals surface area contributed by atoms with Crippen molar-refractivity contribution < 1.29 is 8.42 Å². The molecular formula is C12H6Cl4O2S. The minimum Gasteiger partial charge on any atom is -0.218 e. The molecule has 0 aliphatic heterocycles. The maximum absolute atomic E-state index is 12.6. The van der Waals surface area contributed by atoms with Crippen molar-refractivity contribution in [2.24, 2.45) is 0 Å². The molecule has 0 spiro atoms. The standard InChI is InChI=1S/C12H6Cl4O2S/c13-7-3-1-4-8(14)11(7)19(17,18)12-9(15)5-2-6-10(12)16/h1-6H. The van der Waals surface area contributed by atoms with Crippen molar-refractivity contribution >= 4 is 56.2 Å². The van der Waals surface area contributed by atoms with Crippen LogP contribution in [-0.4, -0.2) is 8.42 Å². The molecule has 7 heteroatoms. The molecule has 0 aromatic heterocycles. The highest BCUT2D eigenvalue weighted by Gasteiger charge is 2.28. The van der Waals surface area contributed by atoms with Crippen LogP contribution in [0.1, 0.15) is 0 Å². The number of benzene rings is 2. The summed E-state index contributed by atoms with van der Waals surface area (Å²) in [4.78, 5) is -0.401. The molecule has 2 nitrogen and oxygen atoms in total. The van der Waals surface area contributed by atoms with E-state index >= 15 is 0 Å². The molecule has 0 amide bonds. The Labute approximate surface area is 130 Å². The molecule has 0 fully saturated rings. The predicted octanol–water partition coefficient (Wildman–Crippen LogP) is 5.13. The van der Waals surface area contributed by atoms with Crippen molar-refractivity contribution in [3.05, 3.63) is 56.5 Å². The van der Waals surface area contributed by atoms with Gasteiger partial charge in [0.1, 0.15) is 9.79 Å². The Balaban J connectivity index is 2.81. The van der Waals surface area contributed by atoms with Crippen LogP contribution in [0.5, 0.6) is 0 Å². The molecule has 0 saturated carbocycles. The second-order valence-corrected chi connectivity index (χ2v) is 7.06. The molecule has 0 N–H and O–H groups in total. The zero-order valence-electron chi connectivity index (χ0n) is 9.20. The third kappa shape index (κ3) is 2.71. The summed E-state index contributed by atoms with van der Waals surface area (Å²) in [6.45, 7) is 0. The van der Waals surface area contributed by atoms with Crippen LogP contribution < -0.4 is 0 Å². The van der Waals surface area contributed by atoms with Crippen molar-refractivity contribution in [3.8, 4) is 0 Å².